The summed E-state index contributed by atoms with van der Waals surface area (Å²) in [4.78, 5) is 9.77. The summed E-state index contributed by atoms with van der Waals surface area (Å²) in [5, 5.41) is 3.24. The Labute approximate surface area is 66.4 Å². The molecule has 1 aliphatic heterocycles. The van der Waals surface area contributed by atoms with Crippen molar-refractivity contribution in [3.05, 3.63) is 6.08 Å². The summed E-state index contributed by atoms with van der Waals surface area (Å²) < 4.78 is 5.37. The van der Waals surface area contributed by atoms with E-state index in [4.69, 9.17) is 4.74 Å². The summed E-state index contributed by atoms with van der Waals surface area (Å²) in [5.74, 6) is 1.69. The summed E-state index contributed by atoms with van der Waals surface area (Å²) in [6.45, 7) is 2.46. The van der Waals surface area contributed by atoms with Crippen LogP contribution in [-0.2, 0) is 9.53 Å². The molecule has 11 heavy (non-hydrogen) atoms. The number of piperidine rings is 1. The Bertz CT molecular complexity index is 146. The Hall–Kier alpha value is -0.630. The first-order valence-electron chi connectivity index (χ1n) is 3.95. The van der Waals surface area contributed by atoms with E-state index in [9.17, 15) is 4.79 Å². The summed E-state index contributed by atoms with van der Waals surface area (Å²) in [6, 6.07) is 0. The van der Waals surface area contributed by atoms with Gasteiger partial charge < -0.3 is 10.1 Å². The molecule has 0 amide bonds. The summed E-state index contributed by atoms with van der Waals surface area (Å²) in [6.07, 6.45) is 3.81. The Balaban J connectivity index is 2.09. The van der Waals surface area contributed by atoms with Gasteiger partial charge in [-0.3, -0.25) is 0 Å². The van der Waals surface area contributed by atoms with Crippen molar-refractivity contribution in [2.24, 2.45) is 0 Å². The molecule has 0 saturated carbocycles. The molecule has 3 heteroatoms. The van der Waals surface area contributed by atoms with Crippen LogP contribution >= 0.6 is 0 Å². The molecule has 1 saturated heterocycles. The van der Waals surface area contributed by atoms with Crippen LogP contribution in [0.25, 0.3) is 0 Å². The molecule has 62 valence electrons. The van der Waals surface area contributed by atoms with Crippen LogP contribution in [0.15, 0.2) is 6.08 Å². The number of rotatable bonds is 3. The minimum atomic E-state index is 0.334. The monoisotopic (exact) mass is 155 g/mol. The molecule has 1 heterocycles. The molecule has 0 aromatic carbocycles. The number of hydrogen-bond acceptors (Lipinski definition) is 3. The molecule has 0 aromatic heterocycles. The van der Waals surface area contributed by atoms with Gasteiger partial charge in [-0.1, -0.05) is 0 Å². The second-order valence-corrected chi connectivity index (χ2v) is 2.60. The van der Waals surface area contributed by atoms with Crippen LogP contribution in [-0.4, -0.2) is 31.7 Å². The highest BCUT2D eigenvalue weighted by atomic mass is 16.5. The Kier molecular flexibility index (Phi) is 3.91. The van der Waals surface area contributed by atoms with E-state index in [1.807, 2.05) is 0 Å². The minimum Gasteiger partial charge on any atom is -0.373 e. The second kappa shape index (κ2) is 5.08. The zero-order valence-corrected chi connectivity index (χ0v) is 6.51. The van der Waals surface area contributed by atoms with Crippen molar-refractivity contribution in [3.63, 3.8) is 0 Å². The van der Waals surface area contributed by atoms with Gasteiger partial charge in [0, 0.05) is 6.08 Å². The zero-order valence-electron chi connectivity index (χ0n) is 6.51. The van der Waals surface area contributed by atoms with Gasteiger partial charge in [-0.25, -0.2) is 4.79 Å². The van der Waals surface area contributed by atoms with Crippen molar-refractivity contribution in [1.82, 2.24) is 5.32 Å². The average Bonchev–Trinajstić information content (AvgIpc) is 2.07. The third kappa shape index (κ3) is 3.33. The lowest BCUT2D eigenvalue weighted by Gasteiger charge is -2.21. The van der Waals surface area contributed by atoms with E-state index in [-0.39, 0.29) is 0 Å². The van der Waals surface area contributed by atoms with Gasteiger partial charge in [0.25, 0.3) is 0 Å². The number of carbonyl (C=O) groups excluding carboxylic acids is 1. The molecule has 0 atom stereocenters. The molecule has 0 spiro atoms. The molecule has 0 bridgehead atoms. The first-order chi connectivity index (χ1) is 5.43. The molecular weight excluding hydrogens is 142 g/mol. The summed E-state index contributed by atoms with van der Waals surface area (Å²) in [5.41, 5.74) is 0. The third-order valence-electron chi connectivity index (χ3n) is 1.78. The van der Waals surface area contributed by atoms with Crippen molar-refractivity contribution in [2.45, 2.75) is 18.9 Å². The quantitative estimate of drug-likeness (QED) is 0.589. The van der Waals surface area contributed by atoms with E-state index in [2.05, 4.69) is 5.32 Å². The molecule has 1 N–H and O–H groups in total. The molecule has 1 rings (SSSR count). The largest absolute Gasteiger partial charge is 0.373 e. The smallest absolute Gasteiger partial charge is 0.122 e. The molecule has 1 fully saturated rings. The van der Waals surface area contributed by atoms with Crippen molar-refractivity contribution in [1.29, 1.82) is 0 Å². The molecule has 0 unspecified atom stereocenters. The van der Waals surface area contributed by atoms with E-state index >= 15 is 0 Å². The maximum absolute atomic E-state index is 9.77. The molecule has 3 nitrogen and oxygen atoms in total. The van der Waals surface area contributed by atoms with Gasteiger partial charge in [0.1, 0.15) is 5.94 Å². The van der Waals surface area contributed by atoms with Gasteiger partial charge >= 0.3 is 0 Å². The number of ether oxygens (including phenoxy) is 1. The minimum absolute atomic E-state index is 0.334. The van der Waals surface area contributed by atoms with E-state index in [1.54, 1.807) is 5.94 Å². The van der Waals surface area contributed by atoms with Crippen molar-refractivity contribution in [2.75, 3.05) is 19.7 Å². The maximum atomic E-state index is 9.77. The van der Waals surface area contributed by atoms with Crippen LogP contribution < -0.4 is 5.32 Å². The Morgan fingerprint density at radius 1 is 1.55 bits per heavy atom. The van der Waals surface area contributed by atoms with Crippen LogP contribution in [0.4, 0.5) is 0 Å². The normalized spacial score (nSPS) is 19.3. The van der Waals surface area contributed by atoms with Crippen LogP contribution in [0.2, 0.25) is 0 Å². The third-order valence-corrected chi connectivity index (χ3v) is 1.78. The predicted octanol–water partition coefficient (Wildman–Crippen LogP) is 0.143. The van der Waals surface area contributed by atoms with Gasteiger partial charge in [-0.05, 0) is 25.9 Å². The van der Waals surface area contributed by atoms with Crippen LogP contribution in [0.3, 0.4) is 0 Å². The van der Waals surface area contributed by atoms with Gasteiger partial charge in [0.05, 0.1) is 12.7 Å². The fourth-order valence-electron chi connectivity index (χ4n) is 1.18. The summed E-state index contributed by atoms with van der Waals surface area (Å²) >= 11 is 0. The lowest BCUT2D eigenvalue weighted by Crippen LogP contribution is -2.32. The lowest BCUT2D eigenvalue weighted by atomic mass is 10.1. The Morgan fingerprint density at radius 2 is 2.27 bits per heavy atom. The van der Waals surface area contributed by atoms with Crippen molar-refractivity contribution < 1.29 is 9.53 Å². The van der Waals surface area contributed by atoms with Gasteiger partial charge in [-0.2, -0.15) is 0 Å². The zero-order chi connectivity index (χ0) is 7.94. The number of hydrogen-bond donors (Lipinski definition) is 1. The highest BCUT2D eigenvalue weighted by Gasteiger charge is 2.11. The standard InChI is InChI=1S/C8H13NO2/c10-6-1-7-11-8-2-4-9-5-3-8/h1,8-9H,2-5,7H2. The van der Waals surface area contributed by atoms with Crippen LogP contribution in [0.5, 0.6) is 0 Å². The Morgan fingerprint density at radius 3 is 2.91 bits per heavy atom. The van der Waals surface area contributed by atoms with Gasteiger partial charge in [-0.15, -0.1) is 0 Å². The fourth-order valence-corrected chi connectivity index (χ4v) is 1.18. The molecule has 0 radical (unpaired) electrons. The SMILES string of the molecule is O=C=CCOC1CCNCC1. The topological polar surface area (TPSA) is 38.3 Å². The molecule has 1 aliphatic rings. The van der Waals surface area contributed by atoms with E-state index in [0.29, 0.717) is 12.7 Å². The van der Waals surface area contributed by atoms with E-state index < -0.39 is 0 Å². The summed E-state index contributed by atoms with van der Waals surface area (Å²) in [7, 11) is 0. The first kappa shape index (κ1) is 8.47. The average molecular weight is 155 g/mol. The number of nitrogens with one attached hydrogen (secondary N) is 1. The van der Waals surface area contributed by atoms with Crippen molar-refractivity contribution >= 4 is 5.94 Å². The van der Waals surface area contributed by atoms with Gasteiger partial charge in [0.2, 0.25) is 0 Å². The fraction of sp³-hybridized carbons (Fsp3) is 0.750. The first-order valence-corrected chi connectivity index (χ1v) is 3.95. The van der Waals surface area contributed by atoms with Crippen LogP contribution in [0.1, 0.15) is 12.8 Å². The lowest BCUT2D eigenvalue weighted by molar-refractivity contribution is 0.0519. The maximum Gasteiger partial charge on any atom is 0.122 e. The highest BCUT2D eigenvalue weighted by molar-refractivity contribution is 5.44. The molecule has 0 aromatic rings. The predicted molar refractivity (Wildman–Crippen MR) is 42.1 cm³/mol. The van der Waals surface area contributed by atoms with Crippen LogP contribution in [0, 0.1) is 0 Å². The second-order valence-electron chi connectivity index (χ2n) is 2.60. The molecule has 0 aliphatic carbocycles. The van der Waals surface area contributed by atoms with E-state index in [1.165, 1.54) is 6.08 Å². The highest BCUT2D eigenvalue weighted by Crippen LogP contribution is 2.06. The van der Waals surface area contributed by atoms with Crippen molar-refractivity contribution in [3.8, 4) is 0 Å². The molecular formula is C8H13NO2. The van der Waals surface area contributed by atoms with E-state index in [0.717, 1.165) is 25.9 Å². The van der Waals surface area contributed by atoms with Gasteiger partial charge in [0.15, 0.2) is 0 Å².